The topological polar surface area (TPSA) is 32.7 Å². The number of benzene rings is 2. The molecule has 1 aliphatic heterocycles. The van der Waals surface area contributed by atoms with Crippen LogP contribution in [-0.2, 0) is 10.3 Å². The average molecular weight is 400 g/mol. The number of ether oxygens (including phenoxy) is 1. The normalized spacial score (nSPS) is 18.3. The van der Waals surface area contributed by atoms with E-state index in [0.717, 1.165) is 63.2 Å². The van der Waals surface area contributed by atoms with Gasteiger partial charge in [0.25, 0.3) is 0 Å². The molecule has 158 valence electrons. The summed E-state index contributed by atoms with van der Waals surface area (Å²) in [5.41, 5.74) is 0.889. The van der Waals surface area contributed by atoms with E-state index in [1.54, 1.807) is 12.1 Å². The lowest BCUT2D eigenvalue weighted by Gasteiger charge is -2.41. The first kappa shape index (κ1) is 21.9. The predicted octanol–water partition coefficient (Wildman–Crippen LogP) is 5.10. The Morgan fingerprint density at radius 3 is 2.34 bits per heavy atom. The van der Waals surface area contributed by atoms with Crippen molar-refractivity contribution in [3.63, 3.8) is 0 Å². The van der Waals surface area contributed by atoms with E-state index in [2.05, 4.69) is 24.0 Å². The van der Waals surface area contributed by atoms with Crippen molar-refractivity contribution in [2.24, 2.45) is 0 Å². The van der Waals surface area contributed by atoms with Crippen molar-refractivity contribution < 1.29 is 14.2 Å². The highest BCUT2D eigenvalue weighted by atomic mass is 19.1. The second-order valence-corrected chi connectivity index (χ2v) is 8.12. The third kappa shape index (κ3) is 5.88. The van der Waals surface area contributed by atoms with Crippen LogP contribution >= 0.6 is 0 Å². The summed E-state index contributed by atoms with van der Waals surface area (Å²) < 4.78 is 19.1. The smallest absolute Gasteiger partial charge is 0.123 e. The molecule has 3 rings (SSSR count). The van der Waals surface area contributed by atoms with Gasteiger partial charge < -0.3 is 9.84 Å². The monoisotopic (exact) mass is 399 g/mol. The molecule has 1 N–H and O–H groups in total. The van der Waals surface area contributed by atoms with Crippen molar-refractivity contribution in [2.75, 3.05) is 32.8 Å². The van der Waals surface area contributed by atoms with Crippen LogP contribution in [0.25, 0.3) is 0 Å². The molecule has 0 bridgehead atoms. The van der Waals surface area contributed by atoms with Gasteiger partial charge in [-0.25, -0.2) is 4.39 Å². The molecule has 4 heteroatoms. The first-order chi connectivity index (χ1) is 14.1. The maximum Gasteiger partial charge on any atom is 0.123 e. The van der Waals surface area contributed by atoms with Crippen molar-refractivity contribution in [3.8, 4) is 0 Å². The average Bonchev–Trinajstić information content (AvgIpc) is 2.77. The Hall–Kier alpha value is -1.75. The van der Waals surface area contributed by atoms with Gasteiger partial charge in [0.15, 0.2) is 0 Å². The zero-order chi connectivity index (χ0) is 20.5. The molecule has 0 spiro atoms. The molecular weight excluding hydrogens is 365 g/mol. The summed E-state index contributed by atoms with van der Waals surface area (Å²) in [6.07, 6.45) is 5.04. The van der Waals surface area contributed by atoms with Gasteiger partial charge in [-0.05, 0) is 29.7 Å². The third-order valence-corrected chi connectivity index (χ3v) is 6.08. The Bertz CT molecular complexity index is 715. The summed E-state index contributed by atoms with van der Waals surface area (Å²) in [5, 5.41) is 12.1. The number of hydrogen-bond donors (Lipinski definition) is 1. The highest BCUT2D eigenvalue weighted by Crippen LogP contribution is 2.42. The number of nitrogens with zero attached hydrogens (tertiary/aromatic N) is 1. The molecule has 29 heavy (non-hydrogen) atoms. The second kappa shape index (κ2) is 10.9. The van der Waals surface area contributed by atoms with E-state index in [4.69, 9.17) is 4.74 Å². The van der Waals surface area contributed by atoms with Crippen LogP contribution < -0.4 is 0 Å². The van der Waals surface area contributed by atoms with Crippen molar-refractivity contribution in [2.45, 2.75) is 50.5 Å². The number of unbranched alkanes of at least 4 members (excludes halogenated alkanes) is 3. The van der Waals surface area contributed by atoms with Crippen LogP contribution in [-0.4, -0.2) is 42.9 Å². The Morgan fingerprint density at radius 1 is 1.00 bits per heavy atom. The SMILES string of the molecule is CCCCCC[C@@](O)(c1ccc(F)cc1)[C@@H](CN1CCOCC1)c1ccccc1. The summed E-state index contributed by atoms with van der Waals surface area (Å²) in [5.74, 6) is -0.361. The Labute approximate surface area is 174 Å². The number of halogens is 1. The summed E-state index contributed by atoms with van der Waals surface area (Å²) in [4.78, 5) is 2.38. The summed E-state index contributed by atoms with van der Waals surface area (Å²) in [7, 11) is 0. The van der Waals surface area contributed by atoms with Crippen LogP contribution in [0.4, 0.5) is 4.39 Å². The van der Waals surface area contributed by atoms with Gasteiger partial charge in [0.05, 0.1) is 18.8 Å². The van der Waals surface area contributed by atoms with E-state index in [9.17, 15) is 9.50 Å². The van der Waals surface area contributed by atoms with E-state index < -0.39 is 5.60 Å². The fraction of sp³-hybridized carbons (Fsp3) is 0.520. The van der Waals surface area contributed by atoms with Gasteiger partial charge in [-0.15, -0.1) is 0 Å². The molecule has 2 aromatic rings. The third-order valence-electron chi connectivity index (χ3n) is 6.08. The van der Waals surface area contributed by atoms with Crippen LogP contribution in [0.2, 0.25) is 0 Å². The molecule has 1 saturated heterocycles. The minimum atomic E-state index is -1.04. The van der Waals surface area contributed by atoms with Crippen LogP contribution in [0, 0.1) is 5.82 Å². The van der Waals surface area contributed by atoms with Crippen LogP contribution in [0.15, 0.2) is 54.6 Å². The van der Waals surface area contributed by atoms with Gasteiger partial charge in [-0.2, -0.15) is 0 Å². The highest BCUT2D eigenvalue weighted by molar-refractivity contribution is 5.32. The quantitative estimate of drug-likeness (QED) is 0.564. The van der Waals surface area contributed by atoms with E-state index in [1.807, 2.05) is 18.2 Å². The van der Waals surface area contributed by atoms with Crippen molar-refractivity contribution >= 4 is 0 Å². The Balaban J connectivity index is 1.94. The van der Waals surface area contributed by atoms with Crippen molar-refractivity contribution in [1.82, 2.24) is 4.90 Å². The minimum absolute atomic E-state index is 0.0890. The maximum absolute atomic E-state index is 13.6. The van der Waals surface area contributed by atoms with E-state index in [-0.39, 0.29) is 11.7 Å². The number of morpholine rings is 1. The molecule has 0 amide bonds. The fourth-order valence-electron chi connectivity index (χ4n) is 4.34. The van der Waals surface area contributed by atoms with Gasteiger partial charge >= 0.3 is 0 Å². The standard InChI is InChI=1S/C25H34FNO2/c1-2-3-4-8-15-25(28,22-11-13-23(26)14-12-22)24(21-9-6-5-7-10-21)20-27-16-18-29-19-17-27/h5-7,9-14,24,28H,2-4,8,15-20H2,1H3/t24-,25+/m0/s1. The molecule has 1 aliphatic rings. The van der Waals surface area contributed by atoms with Gasteiger partial charge in [0.2, 0.25) is 0 Å². The number of rotatable bonds is 10. The first-order valence-corrected chi connectivity index (χ1v) is 11.0. The van der Waals surface area contributed by atoms with E-state index in [1.165, 1.54) is 18.6 Å². The molecule has 0 radical (unpaired) electrons. The maximum atomic E-state index is 13.6. The molecule has 3 nitrogen and oxygen atoms in total. The Kier molecular flexibility index (Phi) is 8.22. The first-order valence-electron chi connectivity index (χ1n) is 11.0. The molecule has 0 aliphatic carbocycles. The van der Waals surface area contributed by atoms with E-state index in [0.29, 0.717) is 6.42 Å². The molecule has 0 aromatic heterocycles. The molecule has 1 heterocycles. The number of hydrogen-bond acceptors (Lipinski definition) is 3. The van der Waals surface area contributed by atoms with Crippen molar-refractivity contribution in [3.05, 3.63) is 71.5 Å². The molecular formula is C25H34FNO2. The lowest BCUT2D eigenvalue weighted by atomic mass is 9.74. The number of aliphatic hydroxyl groups is 1. The minimum Gasteiger partial charge on any atom is -0.384 e. The summed E-state index contributed by atoms with van der Waals surface area (Å²) >= 11 is 0. The molecule has 1 fully saturated rings. The van der Waals surface area contributed by atoms with Crippen LogP contribution in [0.3, 0.4) is 0 Å². The molecule has 0 saturated carbocycles. The summed E-state index contributed by atoms with van der Waals surface area (Å²) in [6, 6.07) is 16.7. The fourth-order valence-corrected chi connectivity index (χ4v) is 4.34. The van der Waals surface area contributed by atoms with Gasteiger partial charge in [0, 0.05) is 25.6 Å². The second-order valence-electron chi connectivity index (χ2n) is 8.12. The van der Waals surface area contributed by atoms with Gasteiger partial charge in [-0.1, -0.05) is 75.1 Å². The molecule has 0 unspecified atom stereocenters. The molecule has 2 aromatic carbocycles. The zero-order valence-corrected chi connectivity index (χ0v) is 17.5. The molecule has 2 atom stereocenters. The van der Waals surface area contributed by atoms with Crippen LogP contribution in [0.1, 0.15) is 56.1 Å². The lowest BCUT2D eigenvalue weighted by molar-refractivity contribution is -0.0296. The highest BCUT2D eigenvalue weighted by Gasteiger charge is 2.40. The van der Waals surface area contributed by atoms with E-state index >= 15 is 0 Å². The zero-order valence-electron chi connectivity index (χ0n) is 17.5. The van der Waals surface area contributed by atoms with Crippen molar-refractivity contribution in [1.29, 1.82) is 0 Å². The summed E-state index contributed by atoms with van der Waals surface area (Å²) in [6.45, 7) is 6.16. The van der Waals surface area contributed by atoms with Gasteiger partial charge in [0.1, 0.15) is 5.82 Å². The predicted molar refractivity (Wildman–Crippen MR) is 115 cm³/mol. The van der Waals surface area contributed by atoms with Gasteiger partial charge in [-0.3, -0.25) is 4.90 Å². The Morgan fingerprint density at radius 2 is 1.69 bits per heavy atom. The largest absolute Gasteiger partial charge is 0.384 e. The van der Waals surface area contributed by atoms with Crippen LogP contribution in [0.5, 0.6) is 0 Å². The lowest BCUT2D eigenvalue weighted by Crippen LogP contribution is -2.45.